The molecule has 0 radical (unpaired) electrons. The lowest BCUT2D eigenvalue weighted by atomic mass is 9.98. The average molecular weight is 475 g/mol. The lowest BCUT2D eigenvalue weighted by Gasteiger charge is -2.30. The zero-order valence-electron chi connectivity index (χ0n) is 17.4. The van der Waals surface area contributed by atoms with E-state index < -0.39 is 36.7 Å². The third-order valence-corrected chi connectivity index (χ3v) is 5.17. The molecule has 1 amide bonds. The number of amides is 1. The molecule has 0 bridgehead atoms. The molecule has 1 aromatic carbocycles. The number of nitrogens with zero attached hydrogens (tertiary/aromatic N) is 5. The summed E-state index contributed by atoms with van der Waals surface area (Å²) in [6.45, 7) is 7.08. The van der Waals surface area contributed by atoms with E-state index in [1.54, 1.807) is 4.90 Å². The van der Waals surface area contributed by atoms with Crippen LogP contribution < -0.4 is 4.90 Å². The number of piperidine rings is 1. The number of anilines is 1. The fourth-order valence-corrected chi connectivity index (χ4v) is 3.63. The van der Waals surface area contributed by atoms with Gasteiger partial charge in [0.05, 0.1) is 24.6 Å². The standard InChI is InChI=1S/C20H19F6N5O2/c1-12(32)30-7-3-4-13(9-30)18-28-17(29-33-18)10-31(11-19(21,22)23)14-5-6-16(27-2)15(8-14)20(24,25)26/h5-6,8,13H,3-4,7,9-11H2,1H3. The third kappa shape index (κ3) is 6.15. The lowest BCUT2D eigenvalue weighted by molar-refractivity contribution is -0.136. The molecule has 1 aliphatic rings. The van der Waals surface area contributed by atoms with Gasteiger partial charge in [0.15, 0.2) is 11.5 Å². The van der Waals surface area contributed by atoms with E-state index in [1.165, 1.54) is 6.92 Å². The van der Waals surface area contributed by atoms with Gasteiger partial charge in [-0.05, 0) is 25.0 Å². The van der Waals surface area contributed by atoms with Crippen molar-refractivity contribution >= 4 is 17.3 Å². The highest BCUT2D eigenvalue weighted by molar-refractivity contribution is 5.73. The molecule has 1 fully saturated rings. The summed E-state index contributed by atoms with van der Waals surface area (Å²) in [5, 5.41) is 3.69. The Morgan fingerprint density at radius 1 is 1.30 bits per heavy atom. The maximum Gasteiger partial charge on any atom is 0.407 e. The minimum atomic E-state index is -4.91. The van der Waals surface area contributed by atoms with E-state index >= 15 is 0 Å². The van der Waals surface area contributed by atoms with Gasteiger partial charge in [0.25, 0.3) is 0 Å². The number of hydrogen-bond donors (Lipinski definition) is 0. The zero-order valence-corrected chi connectivity index (χ0v) is 17.4. The predicted octanol–water partition coefficient (Wildman–Crippen LogP) is 4.93. The summed E-state index contributed by atoms with van der Waals surface area (Å²) in [4.78, 5) is 20.8. The first-order chi connectivity index (χ1) is 15.4. The van der Waals surface area contributed by atoms with Gasteiger partial charge in [-0.3, -0.25) is 4.79 Å². The van der Waals surface area contributed by atoms with Crippen molar-refractivity contribution in [2.24, 2.45) is 0 Å². The number of aromatic nitrogens is 2. The van der Waals surface area contributed by atoms with Crippen LogP contribution in [0.1, 0.15) is 43.0 Å². The Kier molecular flexibility index (Phi) is 6.85. The highest BCUT2D eigenvalue weighted by Crippen LogP contribution is 2.39. The Balaban J connectivity index is 1.87. The van der Waals surface area contributed by atoms with Crippen LogP contribution in [0.5, 0.6) is 0 Å². The van der Waals surface area contributed by atoms with Crippen molar-refractivity contribution in [2.45, 2.75) is 44.6 Å². The largest absolute Gasteiger partial charge is 0.407 e. The van der Waals surface area contributed by atoms with Crippen LogP contribution >= 0.6 is 0 Å². The Bertz CT molecular complexity index is 1040. The van der Waals surface area contributed by atoms with Crippen LogP contribution in [-0.2, 0) is 17.5 Å². The number of alkyl halides is 6. The number of hydrogen-bond acceptors (Lipinski definition) is 5. The third-order valence-electron chi connectivity index (χ3n) is 5.17. The monoisotopic (exact) mass is 475 g/mol. The highest BCUT2D eigenvalue weighted by atomic mass is 19.4. The molecule has 7 nitrogen and oxygen atoms in total. The van der Waals surface area contributed by atoms with Crippen molar-refractivity contribution in [3.05, 3.63) is 46.9 Å². The van der Waals surface area contributed by atoms with Crippen molar-refractivity contribution in [3.63, 3.8) is 0 Å². The molecule has 1 saturated heterocycles. The van der Waals surface area contributed by atoms with E-state index in [2.05, 4.69) is 15.0 Å². The molecule has 0 spiro atoms. The van der Waals surface area contributed by atoms with Gasteiger partial charge in [-0.15, -0.1) is 0 Å². The molecule has 1 aromatic heterocycles. The van der Waals surface area contributed by atoms with Crippen LogP contribution in [0.4, 0.5) is 37.7 Å². The Morgan fingerprint density at radius 2 is 2.03 bits per heavy atom. The summed E-state index contributed by atoms with van der Waals surface area (Å²) in [5.41, 5.74) is -2.44. The van der Waals surface area contributed by atoms with Crippen LogP contribution in [0.25, 0.3) is 4.85 Å². The fraction of sp³-hybridized carbons (Fsp3) is 0.500. The van der Waals surface area contributed by atoms with E-state index in [0.29, 0.717) is 36.9 Å². The van der Waals surface area contributed by atoms with E-state index in [4.69, 9.17) is 11.1 Å². The molecule has 178 valence electrons. The second-order valence-electron chi connectivity index (χ2n) is 7.64. The smallest absolute Gasteiger partial charge is 0.355 e. The minimum absolute atomic E-state index is 0.126. The molecule has 1 aliphatic heterocycles. The molecule has 2 aromatic rings. The van der Waals surface area contributed by atoms with Gasteiger partial charge in [0.2, 0.25) is 11.8 Å². The summed E-state index contributed by atoms with van der Waals surface area (Å²) >= 11 is 0. The van der Waals surface area contributed by atoms with Crippen LogP contribution in [-0.4, -0.2) is 46.8 Å². The number of likely N-dealkylation sites (tertiary alicyclic amines) is 1. The number of benzene rings is 1. The molecule has 13 heteroatoms. The molecular formula is C20H19F6N5O2. The molecule has 1 atom stereocenters. The minimum Gasteiger partial charge on any atom is -0.355 e. The van der Waals surface area contributed by atoms with Crippen LogP contribution in [0, 0.1) is 6.57 Å². The number of rotatable bonds is 5. The van der Waals surface area contributed by atoms with Crippen molar-refractivity contribution in [3.8, 4) is 0 Å². The topological polar surface area (TPSA) is 66.8 Å². The molecule has 2 heterocycles. The van der Waals surface area contributed by atoms with Gasteiger partial charge in [0.1, 0.15) is 6.54 Å². The first kappa shape index (κ1) is 24.3. The first-order valence-electron chi connectivity index (χ1n) is 9.86. The van der Waals surface area contributed by atoms with E-state index in [1.807, 2.05) is 0 Å². The Labute approximate surface area is 184 Å². The predicted molar refractivity (Wildman–Crippen MR) is 103 cm³/mol. The van der Waals surface area contributed by atoms with Crippen molar-refractivity contribution in [1.82, 2.24) is 15.0 Å². The number of carbonyl (C=O) groups excluding carboxylic acids is 1. The first-order valence-corrected chi connectivity index (χ1v) is 9.86. The van der Waals surface area contributed by atoms with E-state index in [0.717, 1.165) is 12.1 Å². The van der Waals surface area contributed by atoms with Crippen molar-refractivity contribution in [2.75, 3.05) is 24.5 Å². The van der Waals surface area contributed by atoms with Gasteiger partial charge in [-0.25, -0.2) is 4.85 Å². The van der Waals surface area contributed by atoms with Gasteiger partial charge in [0, 0.05) is 25.7 Å². The fourth-order valence-electron chi connectivity index (χ4n) is 3.63. The van der Waals surface area contributed by atoms with Gasteiger partial charge >= 0.3 is 12.4 Å². The lowest BCUT2D eigenvalue weighted by Crippen LogP contribution is -2.37. The van der Waals surface area contributed by atoms with Gasteiger partial charge < -0.3 is 14.3 Å². The summed E-state index contributed by atoms with van der Waals surface area (Å²) in [5.74, 6) is -0.395. The second kappa shape index (κ2) is 9.29. The van der Waals surface area contributed by atoms with E-state index in [-0.39, 0.29) is 29.2 Å². The maximum absolute atomic E-state index is 13.3. The summed E-state index contributed by atoms with van der Waals surface area (Å²) < 4.78 is 84.6. The molecular weight excluding hydrogens is 456 g/mol. The normalized spacial score (nSPS) is 17.0. The van der Waals surface area contributed by atoms with Crippen molar-refractivity contribution in [1.29, 1.82) is 0 Å². The van der Waals surface area contributed by atoms with E-state index in [9.17, 15) is 31.1 Å². The number of halogens is 6. The molecule has 33 heavy (non-hydrogen) atoms. The molecule has 1 unspecified atom stereocenters. The average Bonchev–Trinajstić information content (AvgIpc) is 3.20. The molecule has 0 aliphatic carbocycles. The van der Waals surface area contributed by atoms with Crippen LogP contribution in [0.15, 0.2) is 22.7 Å². The molecule has 3 rings (SSSR count). The highest BCUT2D eigenvalue weighted by Gasteiger charge is 2.36. The van der Waals surface area contributed by atoms with Crippen LogP contribution in [0.2, 0.25) is 0 Å². The second-order valence-corrected chi connectivity index (χ2v) is 7.64. The maximum atomic E-state index is 13.3. The van der Waals surface area contributed by atoms with Gasteiger partial charge in [-0.2, -0.15) is 31.3 Å². The van der Waals surface area contributed by atoms with Crippen LogP contribution in [0.3, 0.4) is 0 Å². The summed E-state index contributed by atoms with van der Waals surface area (Å²) in [6, 6.07) is 2.35. The quantitative estimate of drug-likeness (QED) is 0.453. The zero-order chi connectivity index (χ0) is 24.4. The Hall–Kier alpha value is -3.30. The summed E-state index contributed by atoms with van der Waals surface area (Å²) in [6.07, 6.45) is -8.31. The molecule has 0 saturated carbocycles. The Morgan fingerprint density at radius 3 is 2.64 bits per heavy atom. The van der Waals surface area contributed by atoms with Crippen molar-refractivity contribution < 1.29 is 35.7 Å². The number of carbonyl (C=O) groups is 1. The SMILES string of the molecule is [C-]#[N+]c1ccc(N(Cc2noc(C3CCCN(C(C)=O)C3)n2)CC(F)(F)F)cc1C(F)(F)F. The molecule has 0 N–H and O–H groups in total. The summed E-state index contributed by atoms with van der Waals surface area (Å²) in [7, 11) is 0. The van der Waals surface area contributed by atoms with Gasteiger partial charge in [-0.1, -0.05) is 11.2 Å².